The van der Waals surface area contributed by atoms with Gasteiger partial charge in [-0.15, -0.1) is 0 Å². The normalized spacial score (nSPS) is 16.8. The van der Waals surface area contributed by atoms with Crippen molar-refractivity contribution in [3.8, 4) is 11.1 Å². The summed E-state index contributed by atoms with van der Waals surface area (Å²) < 4.78 is 18.0. The SMILES string of the molecule is CC(=O)c1nn(CC(=O)N2C[C@H](F)C[C@H]2C(=O)Nc2cc(Cl)cc(Br)n2)c2ccc(-c3cnc4cc(C)nn4c3)cc12. The molecule has 2 amide bonds. The molecule has 11 nitrogen and oxygen atoms in total. The minimum Gasteiger partial charge on any atom is -0.326 e. The van der Waals surface area contributed by atoms with Crippen LogP contribution in [0.15, 0.2) is 53.4 Å². The first kappa shape index (κ1) is 27.9. The van der Waals surface area contributed by atoms with Gasteiger partial charge in [0.1, 0.15) is 34.9 Å². The molecule has 14 heteroatoms. The Hall–Kier alpha value is -4.23. The van der Waals surface area contributed by atoms with Crippen LogP contribution in [0, 0.1) is 6.92 Å². The van der Waals surface area contributed by atoms with Crippen LogP contribution in [-0.4, -0.2) is 70.6 Å². The predicted molar refractivity (Wildman–Crippen MR) is 157 cm³/mol. The van der Waals surface area contributed by atoms with Crippen LogP contribution in [0.3, 0.4) is 0 Å². The molecule has 0 saturated carbocycles. The number of rotatable bonds is 6. The first-order valence-electron chi connectivity index (χ1n) is 13.0. The van der Waals surface area contributed by atoms with Gasteiger partial charge in [0.15, 0.2) is 11.4 Å². The lowest BCUT2D eigenvalue weighted by Gasteiger charge is -2.23. The van der Waals surface area contributed by atoms with E-state index >= 15 is 0 Å². The maximum absolute atomic E-state index is 14.5. The van der Waals surface area contributed by atoms with E-state index in [4.69, 9.17) is 11.6 Å². The van der Waals surface area contributed by atoms with Crippen molar-refractivity contribution in [2.24, 2.45) is 0 Å². The number of aromatic nitrogens is 6. The van der Waals surface area contributed by atoms with Gasteiger partial charge in [-0.2, -0.15) is 10.2 Å². The van der Waals surface area contributed by atoms with Crippen molar-refractivity contribution in [1.82, 2.24) is 34.3 Å². The zero-order valence-electron chi connectivity index (χ0n) is 22.4. The van der Waals surface area contributed by atoms with Gasteiger partial charge in [0, 0.05) is 47.8 Å². The molecule has 1 saturated heterocycles. The Kier molecular flexibility index (Phi) is 7.23. The van der Waals surface area contributed by atoms with Crippen molar-refractivity contribution >= 4 is 67.5 Å². The molecule has 1 aromatic carbocycles. The van der Waals surface area contributed by atoms with Gasteiger partial charge in [-0.3, -0.25) is 19.1 Å². The minimum atomic E-state index is -1.38. The first-order chi connectivity index (χ1) is 20.0. The molecule has 0 aliphatic carbocycles. The van der Waals surface area contributed by atoms with E-state index in [9.17, 15) is 18.8 Å². The molecule has 0 bridgehead atoms. The third-order valence-corrected chi connectivity index (χ3v) is 7.65. The summed E-state index contributed by atoms with van der Waals surface area (Å²) in [4.78, 5) is 48.8. The number of hydrogen-bond acceptors (Lipinski definition) is 7. The van der Waals surface area contributed by atoms with Crippen LogP contribution in [-0.2, 0) is 16.1 Å². The van der Waals surface area contributed by atoms with E-state index < -0.39 is 24.0 Å². The number of hydrogen-bond donors (Lipinski definition) is 1. The number of halogens is 3. The highest BCUT2D eigenvalue weighted by atomic mass is 79.9. The Morgan fingerprint density at radius 1 is 1.14 bits per heavy atom. The molecule has 6 rings (SSSR count). The maximum Gasteiger partial charge on any atom is 0.248 e. The number of Topliss-reactive ketones (excluding diaryl/α,β-unsaturated/α-hetero) is 1. The second kappa shape index (κ2) is 10.9. The molecule has 0 spiro atoms. The molecule has 5 aromatic rings. The summed E-state index contributed by atoms with van der Waals surface area (Å²) >= 11 is 9.26. The minimum absolute atomic E-state index is 0.157. The van der Waals surface area contributed by atoms with Crippen molar-refractivity contribution in [3.05, 3.63) is 69.8 Å². The van der Waals surface area contributed by atoms with Gasteiger partial charge >= 0.3 is 0 Å². The van der Waals surface area contributed by atoms with Crippen molar-refractivity contribution < 1.29 is 18.8 Å². The average Bonchev–Trinajstić information content (AvgIpc) is 3.61. The molecule has 0 radical (unpaired) electrons. The molecule has 4 aromatic heterocycles. The van der Waals surface area contributed by atoms with Crippen LogP contribution in [0.4, 0.5) is 10.2 Å². The van der Waals surface area contributed by atoms with Gasteiger partial charge in [-0.25, -0.2) is 18.9 Å². The third kappa shape index (κ3) is 5.37. The number of amides is 2. The lowest BCUT2D eigenvalue weighted by atomic mass is 10.0. The molecule has 0 unspecified atom stereocenters. The Bertz CT molecular complexity index is 1890. The fourth-order valence-corrected chi connectivity index (χ4v) is 5.93. The number of pyridine rings is 1. The number of ketones is 1. The van der Waals surface area contributed by atoms with Gasteiger partial charge in [-0.1, -0.05) is 17.7 Å². The Labute approximate surface area is 251 Å². The zero-order chi connectivity index (χ0) is 29.7. The number of fused-ring (bicyclic) bond motifs is 2. The third-order valence-electron chi connectivity index (χ3n) is 7.02. The van der Waals surface area contributed by atoms with E-state index in [2.05, 4.69) is 41.4 Å². The topological polar surface area (TPSA) is 127 Å². The molecule has 1 N–H and O–H groups in total. The summed E-state index contributed by atoms with van der Waals surface area (Å²) in [5, 5.41) is 12.4. The van der Waals surface area contributed by atoms with Crippen molar-refractivity contribution in [2.75, 3.05) is 11.9 Å². The first-order valence-corrected chi connectivity index (χ1v) is 14.1. The van der Waals surface area contributed by atoms with Gasteiger partial charge < -0.3 is 10.2 Å². The van der Waals surface area contributed by atoms with E-state index in [-0.39, 0.29) is 36.8 Å². The number of carbonyl (C=O) groups excluding carboxylic acids is 3. The average molecular weight is 654 g/mol. The van der Waals surface area contributed by atoms with Gasteiger partial charge in [0.05, 0.1) is 17.8 Å². The highest BCUT2D eigenvalue weighted by molar-refractivity contribution is 9.10. The monoisotopic (exact) mass is 652 g/mol. The Balaban J connectivity index is 1.27. The largest absolute Gasteiger partial charge is 0.326 e. The molecule has 1 aliphatic rings. The van der Waals surface area contributed by atoms with Gasteiger partial charge in [0.25, 0.3) is 0 Å². The van der Waals surface area contributed by atoms with E-state index in [1.54, 1.807) is 22.8 Å². The quantitative estimate of drug-likeness (QED) is 0.209. The Morgan fingerprint density at radius 3 is 2.71 bits per heavy atom. The summed E-state index contributed by atoms with van der Waals surface area (Å²) in [6.45, 7) is 2.75. The number of nitrogens with zero attached hydrogens (tertiary/aromatic N) is 7. The fraction of sp³-hybridized carbons (Fsp3) is 0.250. The zero-order valence-corrected chi connectivity index (χ0v) is 24.7. The Morgan fingerprint density at radius 2 is 1.95 bits per heavy atom. The molecule has 1 fully saturated rings. The van der Waals surface area contributed by atoms with E-state index in [0.717, 1.165) is 16.8 Å². The molecule has 1 aliphatic heterocycles. The number of aryl methyl sites for hydroxylation is 1. The number of nitrogens with one attached hydrogen (secondary N) is 1. The second-order valence-corrected chi connectivity index (χ2v) is 11.4. The molecule has 5 heterocycles. The summed E-state index contributed by atoms with van der Waals surface area (Å²) in [5.74, 6) is -1.20. The van der Waals surface area contributed by atoms with Crippen molar-refractivity contribution in [2.45, 2.75) is 39.0 Å². The molecule has 2 atom stereocenters. The van der Waals surface area contributed by atoms with Crippen LogP contribution >= 0.6 is 27.5 Å². The fourth-order valence-electron chi connectivity index (χ4n) is 5.15. The van der Waals surface area contributed by atoms with Crippen LogP contribution in [0.5, 0.6) is 0 Å². The number of anilines is 1. The summed E-state index contributed by atoms with van der Waals surface area (Å²) in [7, 11) is 0. The summed E-state index contributed by atoms with van der Waals surface area (Å²) in [5.41, 5.74) is 3.87. The van der Waals surface area contributed by atoms with Crippen LogP contribution in [0.25, 0.3) is 27.7 Å². The molecule has 42 heavy (non-hydrogen) atoms. The summed E-state index contributed by atoms with van der Waals surface area (Å²) in [6.07, 6.45) is 2.04. The smallest absolute Gasteiger partial charge is 0.248 e. The van der Waals surface area contributed by atoms with E-state index in [0.29, 0.717) is 26.2 Å². The number of benzene rings is 1. The van der Waals surface area contributed by atoms with Gasteiger partial charge in [0.2, 0.25) is 11.8 Å². The molecular weight excluding hydrogens is 631 g/mol. The van der Waals surface area contributed by atoms with Crippen molar-refractivity contribution in [3.63, 3.8) is 0 Å². The molecule has 214 valence electrons. The lowest BCUT2D eigenvalue weighted by Crippen LogP contribution is -2.44. The highest BCUT2D eigenvalue weighted by Gasteiger charge is 2.40. The second-order valence-electron chi connectivity index (χ2n) is 10.1. The van der Waals surface area contributed by atoms with Crippen LogP contribution in [0.1, 0.15) is 29.5 Å². The van der Waals surface area contributed by atoms with E-state index in [1.165, 1.54) is 22.6 Å². The van der Waals surface area contributed by atoms with Crippen LogP contribution in [0.2, 0.25) is 5.02 Å². The summed E-state index contributed by atoms with van der Waals surface area (Å²) in [6, 6.07) is 9.26. The van der Waals surface area contributed by atoms with Gasteiger partial charge in [-0.05, 0) is 52.7 Å². The number of likely N-dealkylation sites (tertiary alicyclic amines) is 1. The standard InChI is InChI=1S/C28H23BrClFN8O3/c1-14-5-25-32-10-17(11-39(25)35-14)16-3-4-21-20(6-16)27(15(2)40)36-38(21)13-26(41)37-12-19(31)9-22(37)28(42)34-24-8-18(30)7-23(29)33-24/h3-8,10-11,19,22H,9,12-13H2,1-2H3,(H,33,34,42)/t19-,22+/m1/s1. The highest BCUT2D eigenvalue weighted by Crippen LogP contribution is 2.28. The van der Waals surface area contributed by atoms with Crippen molar-refractivity contribution in [1.29, 1.82) is 0 Å². The predicted octanol–water partition coefficient (Wildman–Crippen LogP) is 4.65. The molecular formula is C28H23BrClFN8O3. The maximum atomic E-state index is 14.5. The lowest BCUT2D eigenvalue weighted by molar-refractivity contribution is -0.137. The number of carbonyl (C=O) groups is 3. The van der Waals surface area contributed by atoms with Crippen LogP contribution < -0.4 is 5.32 Å². The number of alkyl halides is 1. The van der Waals surface area contributed by atoms with E-state index in [1.807, 2.05) is 31.3 Å².